The highest BCUT2D eigenvalue weighted by molar-refractivity contribution is 7.17. The van der Waals surface area contributed by atoms with Gasteiger partial charge in [0.15, 0.2) is 0 Å². The van der Waals surface area contributed by atoms with Gasteiger partial charge in [-0.05, 0) is 48.9 Å². The van der Waals surface area contributed by atoms with Crippen LogP contribution >= 0.6 is 23.7 Å². The van der Waals surface area contributed by atoms with E-state index in [0.29, 0.717) is 6.61 Å². The maximum absolute atomic E-state index is 5.54. The fourth-order valence-corrected chi connectivity index (χ4v) is 3.81. The van der Waals surface area contributed by atoms with E-state index in [1.54, 1.807) is 24.8 Å². The molecule has 0 aliphatic heterocycles. The van der Waals surface area contributed by atoms with E-state index in [4.69, 9.17) is 9.47 Å². The average molecular weight is 414 g/mol. The van der Waals surface area contributed by atoms with Gasteiger partial charge in [0.05, 0.1) is 19.1 Å². The molecule has 2 aromatic heterocycles. The van der Waals surface area contributed by atoms with Gasteiger partial charge in [0.25, 0.3) is 0 Å². The summed E-state index contributed by atoms with van der Waals surface area (Å²) in [5.41, 5.74) is 3.16. The Bertz CT molecular complexity index is 1050. The van der Waals surface area contributed by atoms with Crippen molar-refractivity contribution in [3.05, 3.63) is 60.2 Å². The lowest BCUT2D eigenvalue weighted by molar-refractivity contribution is 0.340. The second-order valence-electron chi connectivity index (χ2n) is 5.86. The molecule has 0 unspecified atom stereocenters. The molecule has 0 spiro atoms. The third-order valence-corrected chi connectivity index (χ3v) is 5.09. The quantitative estimate of drug-likeness (QED) is 0.424. The smallest absolute Gasteiger partial charge is 0.143 e. The van der Waals surface area contributed by atoms with Crippen LogP contribution in [-0.2, 0) is 0 Å². The third-order valence-electron chi connectivity index (χ3n) is 4.20. The van der Waals surface area contributed by atoms with Crippen LogP contribution in [0.5, 0.6) is 11.5 Å². The van der Waals surface area contributed by atoms with Crippen molar-refractivity contribution in [2.45, 2.75) is 6.92 Å². The Morgan fingerprint density at radius 1 is 0.964 bits per heavy atom. The van der Waals surface area contributed by atoms with E-state index in [1.807, 2.05) is 43.3 Å². The molecule has 5 nitrogen and oxygen atoms in total. The second-order valence-corrected chi connectivity index (χ2v) is 6.72. The minimum atomic E-state index is 0. The van der Waals surface area contributed by atoms with Crippen LogP contribution in [0.15, 0.2) is 60.2 Å². The predicted molar refractivity (Wildman–Crippen MR) is 118 cm³/mol. The van der Waals surface area contributed by atoms with E-state index < -0.39 is 0 Å². The number of methoxy groups -OCH3 is 1. The molecular formula is C21H20ClN3O2S. The van der Waals surface area contributed by atoms with Crippen molar-refractivity contribution in [2.24, 2.45) is 0 Å². The first kappa shape index (κ1) is 19.9. The Kier molecular flexibility index (Phi) is 6.34. The van der Waals surface area contributed by atoms with Crippen LogP contribution in [0.4, 0.5) is 11.5 Å². The first-order chi connectivity index (χ1) is 13.3. The number of aromatic nitrogens is 2. The van der Waals surface area contributed by atoms with Crippen LogP contribution in [0.3, 0.4) is 0 Å². The first-order valence-corrected chi connectivity index (χ1v) is 9.53. The summed E-state index contributed by atoms with van der Waals surface area (Å²) in [6.45, 7) is 2.64. The molecule has 0 saturated heterocycles. The molecule has 4 rings (SSSR count). The van der Waals surface area contributed by atoms with Gasteiger partial charge < -0.3 is 14.8 Å². The van der Waals surface area contributed by atoms with Crippen LogP contribution in [0.2, 0.25) is 0 Å². The topological polar surface area (TPSA) is 56.3 Å². The van der Waals surface area contributed by atoms with Crippen LogP contribution < -0.4 is 14.8 Å². The van der Waals surface area contributed by atoms with Gasteiger partial charge in [0.2, 0.25) is 0 Å². The highest BCUT2D eigenvalue weighted by Crippen LogP contribution is 2.38. The summed E-state index contributed by atoms with van der Waals surface area (Å²) >= 11 is 1.61. The Morgan fingerprint density at radius 3 is 2.36 bits per heavy atom. The Hall–Kier alpha value is -2.83. The molecule has 0 aliphatic rings. The van der Waals surface area contributed by atoms with Gasteiger partial charge in [-0.3, -0.25) is 0 Å². The molecule has 2 heterocycles. The fraction of sp³-hybridized carbons (Fsp3) is 0.143. The van der Waals surface area contributed by atoms with Gasteiger partial charge in [-0.2, -0.15) is 0 Å². The van der Waals surface area contributed by atoms with Crippen molar-refractivity contribution < 1.29 is 9.47 Å². The molecule has 4 aromatic rings. The number of hydrogen-bond acceptors (Lipinski definition) is 6. The maximum Gasteiger partial charge on any atom is 0.143 e. The predicted octanol–water partition coefficient (Wildman–Crippen LogP) is 5.93. The number of anilines is 2. The van der Waals surface area contributed by atoms with E-state index in [1.165, 1.54) is 0 Å². The largest absolute Gasteiger partial charge is 0.497 e. The number of benzene rings is 2. The van der Waals surface area contributed by atoms with Crippen molar-refractivity contribution in [2.75, 3.05) is 19.0 Å². The van der Waals surface area contributed by atoms with Gasteiger partial charge in [0, 0.05) is 16.6 Å². The van der Waals surface area contributed by atoms with Crippen molar-refractivity contribution in [3.8, 4) is 22.6 Å². The van der Waals surface area contributed by atoms with Gasteiger partial charge in [-0.1, -0.05) is 12.1 Å². The highest BCUT2D eigenvalue weighted by Gasteiger charge is 2.13. The average Bonchev–Trinajstić information content (AvgIpc) is 3.15. The van der Waals surface area contributed by atoms with Crippen molar-refractivity contribution in [1.82, 2.24) is 9.97 Å². The normalized spacial score (nSPS) is 10.4. The number of nitrogens with one attached hydrogen (secondary N) is 1. The Morgan fingerprint density at radius 2 is 1.68 bits per heavy atom. The standard InChI is InChI=1S/C21H19N3O2S.ClH/c1-3-26-17-8-4-14(5-9-17)18-12-27-21-19(18)20(22-13-23-21)24-15-6-10-16(25-2)11-7-15;/h4-13H,3H2,1-2H3,(H,22,23,24);1H. The summed E-state index contributed by atoms with van der Waals surface area (Å²) in [6, 6.07) is 15.9. The number of hydrogen-bond donors (Lipinski definition) is 1. The summed E-state index contributed by atoms with van der Waals surface area (Å²) in [5, 5.41) is 6.54. The lowest BCUT2D eigenvalue weighted by Gasteiger charge is -2.09. The van der Waals surface area contributed by atoms with Crippen molar-refractivity contribution in [3.63, 3.8) is 0 Å². The number of halogens is 1. The molecule has 0 radical (unpaired) electrons. The molecule has 0 aliphatic carbocycles. The summed E-state index contributed by atoms with van der Waals surface area (Å²) < 4.78 is 10.8. The summed E-state index contributed by atoms with van der Waals surface area (Å²) in [4.78, 5) is 9.85. The fourth-order valence-electron chi connectivity index (χ4n) is 2.89. The zero-order valence-electron chi connectivity index (χ0n) is 15.5. The molecule has 1 N–H and O–H groups in total. The van der Waals surface area contributed by atoms with Crippen molar-refractivity contribution in [1.29, 1.82) is 0 Å². The Balaban J connectivity index is 0.00000225. The van der Waals surface area contributed by atoms with E-state index in [-0.39, 0.29) is 12.4 Å². The Labute approximate surface area is 173 Å². The summed E-state index contributed by atoms with van der Waals surface area (Å²) in [5.74, 6) is 2.47. The number of nitrogens with zero attached hydrogens (tertiary/aromatic N) is 2. The zero-order chi connectivity index (χ0) is 18.6. The van der Waals surface area contributed by atoms with Gasteiger partial charge in [-0.25, -0.2) is 9.97 Å². The zero-order valence-corrected chi connectivity index (χ0v) is 17.1. The molecule has 28 heavy (non-hydrogen) atoms. The van der Waals surface area contributed by atoms with Gasteiger partial charge in [0.1, 0.15) is 28.5 Å². The lowest BCUT2D eigenvalue weighted by Crippen LogP contribution is -1.96. The molecule has 144 valence electrons. The van der Waals surface area contributed by atoms with Crippen LogP contribution in [-0.4, -0.2) is 23.7 Å². The molecule has 2 aromatic carbocycles. The van der Waals surface area contributed by atoms with E-state index in [9.17, 15) is 0 Å². The third kappa shape index (κ3) is 4.03. The second kappa shape index (κ2) is 8.91. The molecular weight excluding hydrogens is 394 g/mol. The van der Waals surface area contributed by atoms with Crippen LogP contribution in [0.25, 0.3) is 21.3 Å². The number of ether oxygens (including phenoxy) is 2. The lowest BCUT2D eigenvalue weighted by atomic mass is 10.1. The molecule has 0 bridgehead atoms. The minimum Gasteiger partial charge on any atom is -0.497 e. The van der Waals surface area contributed by atoms with E-state index in [2.05, 4.69) is 32.8 Å². The number of fused-ring (bicyclic) bond motifs is 1. The maximum atomic E-state index is 5.54. The number of rotatable bonds is 6. The molecule has 7 heteroatoms. The molecule has 0 fully saturated rings. The minimum absolute atomic E-state index is 0. The molecule has 0 atom stereocenters. The number of thiophene rings is 1. The van der Waals surface area contributed by atoms with E-state index >= 15 is 0 Å². The highest BCUT2D eigenvalue weighted by atomic mass is 35.5. The van der Waals surface area contributed by atoms with E-state index in [0.717, 1.165) is 44.3 Å². The summed E-state index contributed by atoms with van der Waals surface area (Å²) in [6.07, 6.45) is 1.59. The van der Waals surface area contributed by atoms with Crippen molar-refractivity contribution >= 4 is 45.5 Å². The first-order valence-electron chi connectivity index (χ1n) is 8.65. The van der Waals surface area contributed by atoms with Gasteiger partial charge in [-0.15, -0.1) is 23.7 Å². The SMILES string of the molecule is CCOc1ccc(-c2csc3ncnc(Nc4ccc(OC)cc4)c23)cc1.Cl. The summed E-state index contributed by atoms with van der Waals surface area (Å²) in [7, 11) is 1.66. The van der Waals surface area contributed by atoms with Crippen LogP contribution in [0, 0.1) is 0 Å². The molecule has 0 saturated carbocycles. The monoisotopic (exact) mass is 413 g/mol. The molecule has 0 amide bonds. The van der Waals surface area contributed by atoms with Gasteiger partial charge >= 0.3 is 0 Å². The van der Waals surface area contributed by atoms with Crippen LogP contribution in [0.1, 0.15) is 6.92 Å².